The maximum atomic E-state index is 13.0. The van der Waals surface area contributed by atoms with Crippen molar-refractivity contribution in [2.75, 3.05) is 22.4 Å². The van der Waals surface area contributed by atoms with Crippen LogP contribution in [0.3, 0.4) is 0 Å². The molecule has 0 unspecified atom stereocenters. The van der Waals surface area contributed by atoms with Crippen LogP contribution >= 0.6 is 0 Å². The third-order valence-corrected chi connectivity index (χ3v) is 6.19. The minimum Gasteiger partial charge on any atom is -0.318 e. The van der Waals surface area contributed by atoms with E-state index in [1.54, 1.807) is 55.1 Å². The zero-order chi connectivity index (χ0) is 23.6. The van der Waals surface area contributed by atoms with Crippen LogP contribution in [0.5, 0.6) is 0 Å². The van der Waals surface area contributed by atoms with Gasteiger partial charge in [0.05, 0.1) is 23.3 Å². The van der Waals surface area contributed by atoms with Crippen LogP contribution < -0.4 is 15.2 Å². The van der Waals surface area contributed by atoms with Gasteiger partial charge < -0.3 is 5.32 Å². The number of carbonyl (C=O) groups excluding carboxylic acids is 2. The fourth-order valence-electron chi connectivity index (χ4n) is 3.30. The Morgan fingerprint density at radius 2 is 1.72 bits per heavy atom. The Bertz CT molecular complexity index is 1340. The number of anilines is 2. The van der Waals surface area contributed by atoms with Gasteiger partial charge in [0.25, 0.3) is 5.56 Å². The number of ketones is 1. The zero-order valence-electron chi connectivity index (χ0n) is 18.2. The highest BCUT2D eigenvalue weighted by molar-refractivity contribution is 7.92. The highest BCUT2D eigenvalue weighted by Gasteiger charge is 2.24. The Hall–Kier alpha value is -3.66. The minimum absolute atomic E-state index is 0.0623. The Kier molecular flexibility index (Phi) is 6.35. The van der Waals surface area contributed by atoms with Crippen molar-refractivity contribution < 1.29 is 18.0 Å². The molecule has 32 heavy (non-hydrogen) atoms. The van der Waals surface area contributed by atoms with E-state index < -0.39 is 28.0 Å². The van der Waals surface area contributed by atoms with Crippen LogP contribution in [-0.4, -0.2) is 42.3 Å². The third-order valence-electron chi connectivity index (χ3n) is 5.05. The number of carbonyl (C=O) groups is 2. The van der Waals surface area contributed by atoms with Gasteiger partial charge in [-0.1, -0.05) is 30.3 Å². The number of nitrogens with one attached hydrogen (secondary N) is 1. The second-order valence-corrected chi connectivity index (χ2v) is 9.27. The number of rotatable bonds is 7. The molecule has 0 aliphatic rings. The van der Waals surface area contributed by atoms with Gasteiger partial charge in [-0.15, -0.1) is 0 Å². The molecular formula is C22H24N4O5S. The van der Waals surface area contributed by atoms with Gasteiger partial charge in [0.2, 0.25) is 15.9 Å². The summed E-state index contributed by atoms with van der Waals surface area (Å²) < 4.78 is 28.7. The van der Waals surface area contributed by atoms with E-state index in [4.69, 9.17) is 0 Å². The second kappa shape index (κ2) is 8.83. The van der Waals surface area contributed by atoms with Crippen LogP contribution in [0.2, 0.25) is 0 Å². The van der Waals surface area contributed by atoms with Crippen molar-refractivity contribution in [3.05, 3.63) is 76.2 Å². The van der Waals surface area contributed by atoms with Crippen LogP contribution in [-0.2, 0) is 21.9 Å². The van der Waals surface area contributed by atoms with Crippen molar-refractivity contribution in [2.24, 2.45) is 7.05 Å². The number of amides is 1. The lowest BCUT2D eigenvalue weighted by molar-refractivity contribution is -0.114. The van der Waals surface area contributed by atoms with Crippen molar-refractivity contribution in [3.8, 4) is 5.69 Å². The summed E-state index contributed by atoms with van der Waals surface area (Å²) in [4.78, 5) is 37.4. The Morgan fingerprint density at radius 1 is 1.06 bits per heavy atom. The standard InChI is InChI=1S/C22H24N4O5S/c1-15-21(22(29)26(24(15)3)18-10-6-5-7-11-18)23-20(28)14-25(32(4,30)31)19-12-8-9-17(13-19)16(2)27/h5-13H,14H2,1-4H3,(H,23,28). The fraction of sp³-hybridized carbons (Fsp3) is 0.227. The summed E-state index contributed by atoms with van der Waals surface area (Å²) in [6.07, 6.45) is 0.969. The number of Topliss-reactive ketones (excluding diaryl/α,β-unsaturated/α-hetero) is 1. The first-order valence-electron chi connectivity index (χ1n) is 9.73. The van der Waals surface area contributed by atoms with E-state index in [1.807, 2.05) is 6.07 Å². The average Bonchev–Trinajstić information content (AvgIpc) is 2.95. The first-order valence-corrected chi connectivity index (χ1v) is 11.6. The molecule has 0 radical (unpaired) electrons. The Morgan fingerprint density at radius 3 is 2.31 bits per heavy atom. The number of sulfonamides is 1. The van der Waals surface area contributed by atoms with Crippen molar-refractivity contribution in [2.45, 2.75) is 13.8 Å². The number of para-hydroxylation sites is 1. The molecule has 0 spiro atoms. The maximum absolute atomic E-state index is 13.0. The van der Waals surface area contributed by atoms with E-state index in [1.165, 1.54) is 23.7 Å². The number of aromatic nitrogens is 2. The molecule has 1 N–H and O–H groups in total. The minimum atomic E-state index is -3.84. The summed E-state index contributed by atoms with van der Waals surface area (Å²) in [5, 5.41) is 2.55. The van der Waals surface area contributed by atoms with Crippen molar-refractivity contribution >= 4 is 33.1 Å². The van der Waals surface area contributed by atoms with Gasteiger partial charge in [0.1, 0.15) is 12.2 Å². The smallest absolute Gasteiger partial charge is 0.295 e. The highest BCUT2D eigenvalue weighted by Crippen LogP contribution is 2.20. The lowest BCUT2D eigenvalue weighted by Gasteiger charge is -2.22. The van der Waals surface area contributed by atoms with E-state index in [0.29, 0.717) is 16.9 Å². The lowest BCUT2D eigenvalue weighted by Crippen LogP contribution is -2.38. The molecule has 0 saturated carbocycles. The average molecular weight is 457 g/mol. The molecule has 0 fully saturated rings. The molecule has 1 amide bonds. The monoisotopic (exact) mass is 456 g/mol. The maximum Gasteiger partial charge on any atom is 0.295 e. The van der Waals surface area contributed by atoms with Gasteiger partial charge >= 0.3 is 0 Å². The summed E-state index contributed by atoms with van der Waals surface area (Å²) in [5.74, 6) is -0.916. The van der Waals surface area contributed by atoms with Crippen molar-refractivity contribution in [1.82, 2.24) is 9.36 Å². The first kappa shape index (κ1) is 23.0. The van der Waals surface area contributed by atoms with Gasteiger partial charge in [-0.3, -0.25) is 23.4 Å². The number of hydrogen-bond acceptors (Lipinski definition) is 5. The quantitative estimate of drug-likeness (QED) is 0.548. The predicted molar refractivity (Wildman–Crippen MR) is 123 cm³/mol. The van der Waals surface area contributed by atoms with E-state index in [-0.39, 0.29) is 17.2 Å². The van der Waals surface area contributed by atoms with Crippen LogP contribution in [0, 0.1) is 6.92 Å². The van der Waals surface area contributed by atoms with Crippen LogP contribution in [0.25, 0.3) is 5.69 Å². The van der Waals surface area contributed by atoms with Crippen molar-refractivity contribution in [3.63, 3.8) is 0 Å². The number of hydrogen-bond donors (Lipinski definition) is 1. The van der Waals surface area contributed by atoms with Crippen LogP contribution in [0.4, 0.5) is 11.4 Å². The summed E-state index contributed by atoms with van der Waals surface area (Å²) in [6, 6.07) is 15.0. The SMILES string of the molecule is CC(=O)c1cccc(N(CC(=O)Nc2c(C)n(C)n(-c3ccccc3)c2=O)S(C)(=O)=O)c1. The summed E-state index contributed by atoms with van der Waals surface area (Å²) in [7, 11) is -2.15. The molecule has 10 heteroatoms. The molecule has 0 saturated heterocycles. The van der Waals surface area contributed by atoms with Crippen molar-refractivity contribution in [1.29, 1.82) is 0 Å². The van der Waals surface area contributed by atoms with E-state index in [0.717, 1.165) is 10.6 Å². The van der Waals surface area contributed by atoms with Gasteiger partial charge in [-0.2, -0.15) is 0 Å². The molecule has 0 aliphatic carbocycles. The van der Waals surface area contributed by atoms with Gasteiger partial charge in [-0.05, 0) is 38.1 Å². The molecular weight excluding hydrogens is 432 g/mol. The molecule has 0 aliphatic heterocycles. The summed E-state index contributed by atoms with van der Waals surface area (Å²) in [5.41, 5.74) is 1.27. The lowest BCUT2D eigenvalue weighted by atomic mass is 10.1. The highest BCUT2D eigenvalue weighted by atomic mass is 32.2. The molecule has 3 aromatic rings. The predicted octanol–water partition coefficient (Wildman–Crippen LogP) is 2.09. The molecule has 3 rings (SSSR count). The van der Waals surface area contributed by atoms with Crippen LogP contribution in [0.15, 0.2) is 59.4 Å². The summed E-state index contributed by atoms with van der Waals surface area (Å²) >= 11 is 0. The fourth-order valence-corrected chi connectivity index (χ4v) is 4.15. The topological polar surface area (TPSA) is 110 Å². The second-order valence-electron chi connectivity index (χ2n) is 7.36. The molecule has 1 heterocycles. The number of benzene rings is 2. The van der Waals surface area contributed by atoms with E-state index in [9.17, 15) is 22.8 Å². The molecule has 1 aromatic heterocycles. The first-order chi connectivity index (χ1) is 15.0. The van der Waals surface area contributed by atoms with Gasteiger partial charge in [0, 0.05) is 12.6 Å². The molecule has 168 valence electrons. The summed E-state index contributed by atoms with van der Waals surface area (Å²) in [6.45, 7) is 2.49. The normalized spacial score (nSPS) is 11.2. The van der Waals surface area contributed by atoms with Crippen LogP contribution in [0.1, 0.15) is 23.0 Å². The third kappa shape index (κ3) is 4.65. The number of nitrogens with zero attached hydrogens (tertiary/aromatic N) is 3. The van der Waals surface area contributed by atoms with E-state index in [2.05, 4.69) is 5.32 Å². The largest absolute Gasteiger partial charge is 0.318 e. The Labute approximate surface area is 185 Å². The zero-order valence-corrected chi connectivity index (χ0v) is 19.0. The van der Waals surface area contributed by atoms with E-state index >= 15 is 0 Å². The van der Waals surface area contributed by atoms with Gasteiger partial charge in [0.15, 0.2) is 5.78 Å². The molecule has 9 nitrogen and oxygen atoms in total. The Balaban J connectivity index is 1.92. The molecule has 0 bridgehead atoms. The van der Waals surface area contributed by atoms with Gasteiger partial charge in [-0.25, -0.2) is 13.1 Å². The molecule has 2 aromatic carbocycles. The molecule has 0 atom stereocenters.